The molecule has 0 saturated carbocycles. The van der Waals surface area contributed by atoms with E-state index in [2.05, 4.69) is 14.9 Å². The number of hydrogen-bond donors (Lipinski definition) is 0. The van der Waals surface area contributed by atoms with Crippen LogP contribution in [0.25, 0.3) is 5.69 Å². The summed E-state index contributed by atoms with van der Waals surface area (Å²) in [5.74, 6) is -0.219. The van der Waals surface area contributed by atoms with Gasteiger partial charge in [0.15, 0.2) is 5.69 Å². The van der Waals surface area contributed by atoms with Crippen molar-refractivity contribution in [1.29, 1.82) is 0 Å². The van der Waals surface area contributed by atoms with Gasteiger partial charge in [-0.1, -0.05) is 30.3 Å². The fourth-order valence-corrected chi connectivity index (χ4v) is 2.36. The van der Waals surface area contributed by atoms with E-state index in [0.717, 1.165) is 11.3 Å². The summed E-state index contributed by atoms with van der Waals surface area (Å²) in [7, 11) is 1.63. The molecule has 6 nitrogen and oxygen atoms in total. The first-order chi connectivity index (χ1) is 12.5. The lowest BCUT2D eigenvalue weighted by Crippen LogP contribution is -2.26. The van der Waals surface area contributed by atoms with Gasteiger partial charge in [0.05, 0.1) is 11.9 Å². The Hall–Kier alpha value is -3.29. The number of rotatable bonds is 6. The first-order valence-corrected chi connectivity index (χ1v) is 7.80. The van der Waals surface area contributed by atoms with Gasteiger partial charge in [-0.15, -0.1) is 5.10 Å². The molecule has 26 heavy (non-hydrogen) atoms. The second kappa shape index (κ2) is 7.73. The topological polar surface area (TPSA) is 60.2 Å². The quantitative estimate of drug-likeness (QED) is 0.679. The third-order valence-corrected chi connectivity index (χ3v) is 3.61. The average molecular weight is 358 g/mol. The third-order valence-electron chi connectivity index (χ3n) is 3.61. The molecule has 0 N–H and O–H groups in total. The normalized spacial score (nSPS) is 10.8. The molecule has 0 fully saturated rings. The van der Waals surface area contributed by atoms with Crippen molar-refractivity contribution < 1.29 is 18.3 Å². The number of carbonyl (C=O) groups is 1. The highest BCUT2D eigenvalue weighted by atomic mass is 19.3. The molecule has 0 radical (unpaired) electrons. The van der Waals surface area contributed by atoms with Crippen molar-refractivity contribution in [2.45, 2.75) is 13.2 Å². The van der Waals surface area contributed by atoms with Crippen LogP contribution < -0.4 is 4.74 Å². The van der Waals surface area contributed by atoms with Crippen LogP contribution in [0.4, 0.5) is 8.78 Å². The predicted octanol–water partition coefficient (Wildman–Crippen LogP) is 3.14. The van der Waals surface area contributed by atoms with Crippen molar-refractivity contribution in [3.05, 3.63) is 72.1 Å². The Bertz CT molecular complexity index is 866. The van der Waals surface area contributed by atoms with Crippen LogP contribution in [0.1, 0.15) is 16.1 Å². The Kier molecular flexibility index (Phi) is 5.21. The largest absolute Gasteiger partial charge is 0.435 e. The van der Waals surface area contributed by atoms with Crippen molar-refractivity contribution in [1.82, 2.24) is 19.9 Å². The molecule has 0 saturated heterocycles. The molecule has 1 heterocycles. The zero-order valence-corrected chi connectivity index (χ0v) is 13.9. The molecular formula is C18H16F2N4O2. The monoisotopic (exact) mass is 358 g/mol. The second-order valence-corrected chi connectivity index (χ2v) is 5.54. The Labute approximate surface area is 148 Å². The zero-order chi connectivity index (χ0) is 18.5. The fraction of sp³-hybridized carbons (Fsp3) is 0.167. The van der Waals surface area contributed by atoms with Gasteiger partial charge < -0.3 is 9.64 Å². The van der Waals surface area contributed by atoms with Crippen molar-refractivity contribution >= 4 is 5.91 Å². The first-order valence-electron chi connectivity index (χ1n) is 7.80. The number of carbonyl (C=O) groups excluding carboxylic acids is 1. The van der Waals surface area contributed by atoms with Gasteiger partial charge in [0, 0.05) is 13.6 Å². The van der Waals surface area contributed by atoms with E-state index >= 15 is 0 Å². The van der Waals surface area contributed by atoms with Gasteiger partial charge in [0.1, 0.15) is 5.75 Å². The maximum absolute atomic E-state index is 12.5. The van der Waals surface area contributed by atoms with Gasteiger partial charge in [0.25, 0.3) is 5.91 Å². The van der Waals surface area contributed by atoms with E-state index in [0.29, 0.717) is 6.54 Å². The van der Waals surface area contributed by atoms with Crippen molar-refractivity contribution in [3.63, 3.8) is 0 Å². The van der Waals surface area contributed by atoms with Gasteiger partial charge in [-0.05, 0) is 29.8 Å². The lowest BCUT2D eigenvalue weighted by atomic mass is 10.2. The zero-order valence-electron chi connectivity index (χ0n) is 13.9. The fourth-order valence-electron chi connectivity index (χ4n) is 2.36. The number of nitrogens with zero attached hydrogens (tertiary/aromatic N) is 4. The third kappa shape index (κ3) is 4.21. The lowest BCUT2D eigenvalue weighted by molar-refractivity contribution is -0.0498. The molecule has 2 aromatic carbocycles. The number of benzene rings is 2. The maximum atomic E-state index is 12.5. The van der Waals surface area contributed by atoms with E-state index in [1.54, 1.807) is 19.2 Å². The number of halogens is 2. The predicted molar refractivity (Wildman–Crippen MR) is 90.2 cm³/mol. The minimum absolute atomic E-state index is 0.0727. The molecule has 0 bridgehead atoms. The Morgan fingerprint density at radius 1 is 1.15 bits per heavy atom. The maximum Gasteiger partial charge on any atom is 0.387 e. The molecule has 134 valence electrons. The van der Waals surface area contributed by atoms with E-state index in [-0.39, 0.29) is 17.4 Å². The molecule has 1 aromatic heterocycles. The molecule has 0 aliphatic rings. The van der Waals surface area contributed by atoms with E-state index in [4.69, 9.17) is 0 Å². The summed E-state index contributed by atoms with van der Waals surface area (Å²) in [5, 5.41) is 8.31. The van der Waals surface area contributed by atoms with Crippen molar-refractivity contribution in [2.24, 2.45) is 0 Å². The van der Waals surface area contributed by atoms with Gasteiger partial charge in [-0.25, -0.2) is 0 Å². The highest BCUT2D eigenvalue weighted by molar-refractivity contribution is 5.91. The smallest absolute Gasteiger partial charge is 0.387 e. The summed E-state index contributed by atoms with van der Waals surface area (Å²) in [6, 6.07) is 15.4. The average Bonchev–Trinajstić information content (AvgIpc) is 3.13. The molecular weight excluding hydrogens is 342 g/mol. The Balaban J connectivity index is 1.65. The standard InChI is InChI=1S/C18H16F2N4O2/c1-23(12-13-7-9-15(10-8-13)26-18(19)20)17(25)16-11-21-24(22-16)14-5-3-2-4-6-14/h2-11,18H,12H2,1H3. The van der Waals surface area contributed by atoms with Crippen molar-refractivity contribution in [2.75, 3.05) is 7.05 Å². The van der Waals surface area contributed by atoms with Gasteiger partial charge in [-0.3, -0.25) is 4.79 Å². The number of alkyl halides is 2. The second-order valence-electron chi connectivity index (χ2n) is 5.54. The summed E-state index contributed by atoms with van der Waals surface area (Å²) >= 11 is 0. The van der Waals surface area contributed by atoms with Gasteiger partial charge in [0.2, 0.25) is 0 Å². The van der Waals surface area contributed by atoms with Crippen molar-refractivity contribution in [3.8, 4) is 11.4 Å². The molecule has 0 atom stereocenters. The summed E-state index contributed by atoms with van der Waals surface area (Å²) in [4.78, 5) is 15.4. The van der Waals surface area contributed by atoms with Gasteiger partial charge >= 0.3 is 6.61 Å². The summed E-state index contributed by atoms with van der Waals surface area (Å²) in [6.45, 7) is -2.57. The molecule has 1 amide bonds. The number of ether oxygens (including phenoxy) is 1. The summed E-state index contributed by atoms with van der Waals surface area (Å²) < 4.78 is 28.6. The van der Waals surface area contributed by atoms with Crippen LogP contribution in [0.15, 0.2) is 60.8 Å². The molecule has 0 aliphatic carbocycles. The van der Waals surface area contributed by atoms with E-state index in [1.807, 2.05) is 30.3 Å². The number of hydrogen-bond acceptors (Lipinski definition) is 4. The minimum Gasteiger partial charge on any atom is -0.435 e. The van der Waals surface area contributed by atoms with Crippen LogP contribution in [0.2, 0.25) is 0 Å². The lowest BCUT2D eigenvalue weighted by Gasteiger charge is -2.16. The van der Waals surface area contributed by atoms with Gasteiger partial charge in [-0.2, -0.15) is 18.7 Å². The van der Waals surface area contributed by atoms with E-state index < -0.39 is 6.61 Å². The van der Waals surface area contributed by atoms with Crippen LogP contribution in [-0.2, 0) is 6.54 Å². The Morgan fingerprint density at radius 3 is 2.50 bits per heavy atom. The number of para-hydroxylation sites is 1. The highest BCUT2D eigenvalue weighted by Gasteiger charge is 2.16. The number of amides is 1. The molecule has 8 heteroatoms. The van der Waals surface area contributed by atoms with Crippen LogP contribution >= 0.6 is 0 Å². The van der Waals surface area contributed by atoms with Crippen LogP contribution in [0.5, 0.6) is 5.75 Å². The molecule has 0 spiro atoms. The highest BCUT2D eigenvalue weighted by Crippen LogP contribution is 2.16. The Morgan fingerprint density at radius 2 is 1.85 bits per heavy atom. The van der Waals surface area contributed by atoms with Crippen LogP contribution in [-0.4, -0.2) is 39.5 Å². The van der Waals surface area contributed by atoms with Crippen LogP contribution in [0.3, 0.4) is 0 Å². The summed E-state index contributed by atoms with van der Waals surface area (Å²) in [6.07, 6.45) is 1.41. The first kappa shape index (κ1) is 17.5. The molecule has 0 aliphatic heterocycles. The molecule has 3 rings (SSSR count). The van der Waals surface area contributed by atoms with E-state index in [9.17, 15) is 13.6 Å². The number of aromatic nitrogens is 3. The minimum atomic E-state index is -2.86. The molecule has 0 unspecified atom stereocenters. The van der Waals surface area contributed by atoms with E-state index in [1.165, 1.54) is 28.0 Å². The summed E-state index contributed by atoms with van der Waals surface area (Å²) in [5.41, 5.74) is 1.75. The van der Waals surface area contributed by atoms with Crippen LogP contribution in [0, 0.1) is 0 Å². The molecule has 3 aromatic rings. The SMILES string of the molecule is CN(Cc1ccc(OC(F)F)cc1)C(=O)c1cnn(-c2ccccc2)n1.